The van der Waals surface area contributed by atoms with Gasteiger partial charge >= 0.3 is 5.97 Å². The summed E-state index contributed by atoms with van der Waals surface area (Å²) in [5.41, 5.74) is 0.438. The minimum atomic E-state index is -0.734. The lowest BCUT2D eigenvalue weighted by Gasteiger charge is -2.54. The lowest BCUT2D eigenvalue weighted by Crippen LogP contribution is -2.80. The monoisotopic (exact) mass is 359 g/mol. The second kappa shape index (κ2) is 6.15. The molecule has 2 amide bonds. The number of hydrogen-bond donors (Lipinski definition) is 2. The van der Waals surface area contributed by atoms with E-state index in [1.54, 1.807) is 24.3 Å². The van der Waals surface area contributed by atoms with E-state index in [1.807, 2.05) is 4.90 Å². The number of imide groups is 1. The average Bonchev–Trinajstić information content (AvgIpc) is 2.99. The van der Waals surface area contributed by atoms with Crippen LogP contribution in [-0.2, 0) is 20.9 Å². The average molecular weight is 359 g/mol. The molecule has 1 aromatic carbocycles. The summed E-state index contributed by atoms with van der Waals surface area (Å²) >= 11 is 0. The van der Waals surface area contributed by atoms with E-state index in [4.69, 9.17) is 0 Å². The zero-order valence-electron chi connectivity index (χ0n) is 14.5. The van der Waals surface area contributed by atoms with E-state index in [0.29, 0.717) is 31.6 Å². The van der Waals surface area contributed by atoms with Crippen molar-refractivity contribution < 1.29 is 24.2 Å². The SMILES string of the molecule is COC(=O)c1ccc(CN2C(=O)C3CC(O)CN3C3(CNC3)C2=O)cc1. The van der Waals surface area contributed by atoms with E-state index in [0.717, 1.165) is 5.56 Å². The molecule has 3 aliphatic rings. The van der Waals surface area contributed by atoms with Gasteiger partial charge in [0.1, 0.15) is 5.54 Å². The predicted octanol–water partition coefficient (Wildman–Crippen LogP) is -0.881. The number of nitrogens with zero attached hydrogens (tertiary/aromatic N) is 2. The maximum atomic E-state index is 13.1. The van der Waals surface area contributed by atoms with Crippen LogP contribution < -0.4 is 5.32 Å². The molecule has 8 nitrogen and oxygen atoms in total. The maximum Gasteiger partial charge on any atom is 0.337 e. The van der Waals surface area contributed by atoms with Crippen LogP contribution in [0.15, 0.2) is 24.3 Å². The van der Waals surface area contributed by atoms with Gasteiger partial charge in [0, 0.05) is 19.6 Å². The number of aliphatic hydroxyl groups excluding tert-OH is 1. The van der Waals surface area contributed by atoms with Gasteiger partial charge in [-0.2, -0.15) is 0 Å². The number of methoxy groups -OCH3 is 1. The van der Waals surface area contributed by atoms with Crippen LogP contribution in [-0.4, -0.2) is 77.1 Å². The fourth-order valence-corrected chi connectivity index (χ4v) is 4.09. The molecular weight excluding hydrogens is 338 g/mol. The van der Waals surface area contributed by atoms with Crippen LogP contribution in [0.2, 0.25) is 0 Å². The van der Waals surface area contributed by atoms with Gasteiger partial charge in [-0.1, -0.05) is 12.1 Å². The van der Waals surface area contributed by atoms with Gasteiger partial charge in [-0.15, -0.1) is 0 Å². The first-order valence-electron chi connectivity index (χ1n) is 8.65. The molecule has 4 rings (SSSR count). The minimum Gasteiger partial charge on any atom is -0.465 e. The molecular formula is C18H21N3O5. The number of rotatable bonds is 3. The van der Waals surface area contributed by atoms with E-state index in [2.05, 4.69) is 10.1 Å². The van der Waals surface area contributed by atoms with Crippen LogP contribution in [0.1, 0.15) is 22.3 Å². The van der Waals surface area contributed by atoms with Crippen molar-refractivity contribution in [1.29, 1.82) is 0 Å². The van der Waals surface area contributed by atoms with E-state index in [9.17, 15) is 19.5 Å². The van der Waals surface area contributed by atoms with Crippen molar-refractivity contribution in [3.8, 4) is 0 Å². The van der Waals surface area contributed by atoms with Gasteiger partial charge in [0.05, 0.1) is 31.4 Å². The molecule has 2 N–H and O–H groups in total. The first-order chi connectivity index (χ1) is 12.5. The molecule has 2 unspecified atom stereocenters. The molecule has 0 radical (unpaired) electrons. The topological polar surface area (TPSA) is 99.2 Å². The summed E-state index contributed by atoms with van der Waals surface area (Å²) in [6.45, 7) is 1.48. The molecule has 138 valence electrons. The fraction of sp³-hybridized carbons (Fsp3) is 0.500. The molecule has 2 atom stereocenters. The van der Waals surface area contributed by atoms with Crippen LogP contribution in [0.4, 0.5) is 0 Å². The summed E-state index contributed by atoms with van der Waals surface area (Å²) in [5.74, 6) is -0.915. The quantitative estimate of drug-likeness (QED) is 0.534. The summed E-state index contributed by atoms with van der Waals surface area (Å²) in [5, 5.41) is 13.1. The van der Waals surface area contributed by atoms with E-state index >= 15 is 0 Å². The highest BCUT2D eigenvalue weighted by Gasteiger charge is 2.61. The summed E-state index contributed by atoms with van der Waals surface area (Å²) in [4.78, 5) is 40.7. The summed E-state index contributed by atoms with van der Waals surface area (Å²) in [6, 6.07) is 6.21. The van der Waals surface area contributed by atoms with Crippen LogP contribution in [0.5, 0.6) is 0 Å². The largest absolute Gasteiger partial charge is 0.465 e. The van der Waals surface area contributed by atoms with Gasteiger partial charge < -0.3 is 15.2 Å². The molecule has 8 heteroatoms. The Kier molecular flexibility index (Phi) is 4.06. The Morgan fingerprint density at radius 3 is 2.58 bits per heavy atom. The number of carbonyl (C=O) groups excluding carboxylic acids is 3. The molecule has 3 saturated heterocycles. The van der Waals surface area contributed by atoms with Crippen LogP contribution in [0.25, 0.3) is 0 Å². The summed E-state index contributed by atoms with van der Waals surface area (Å²) in [6.07, 6.45) is -0.237. The normalized spacial score (nSPS) is 27.4. The Balaban J connectivity index is 1.59. The van der Waals surface area contributed by atoms with Gasteiger partial charge in [0.2, 0.25) is 5.91 Å². The molecule has 0 bridgehead atoms. The minimum absolute atomic E-state index is 0.154. The Morgan fingerprint density at radius 1 is 1.31 bits per heavy atom. The first kappa shape index (κ1) is 17.1. The smallest absolute Gasteiger partial charge is 0.337 e. The number of amides is 2. The van der Waals surface area contributed by atoms with E-state index in [1.165, 1.54) is 12.0 Å². The van der Waals surface area contributed by atoms with Crippen molar-refractivity contribution in [3.05, 3.63) is 35.4 Å². The zero-order valence-corrected chi connectivity index (χ0v) is 14.5. The third kappa shape index (κ3) is 2.45. The van der Waals surface area contributed by atoms with Gasteiger partial charge in [0.15, 0.2) is 0 Å². The Labute approximate surface area is 150 Å². The third-order valence-electron chi connectivity index (χ3n) is 5.57. The van der Waals surface area contributed by atoms with Crippen molar-refractivity contribution in [1.82, 2.24) is 15.1 Å². The number of ether oxygens (including phenoxy) is 1. The zero-order chi connectivity index (χ0) is 18.5. The molecule has 3 fully saturated rings. The number of nitrogens with one attached hydrogen (secondary N) is 1. The highest BCUT2D eigenvalue weighted by Crippen LogP contribution is 2.37. The highest BCUT2D eigenvalue weighted by atomic mass is 16.5. The van der Waals surface area contributed by atoms with Gasteiger partial charge in [-0.25, -0.2) is 4.79 Å². The predicted molar refractivity (Wildman–Crippen MR) is 90.1 cm³/mol. The molecule has 1 spiro atoms. The number of aliphatic hydroxyl groups is 1. The molecule has 0 aliphatic carbocycles. The van der Waals surface area contributed by atoms with Crippen molar-refractivity contribution in [2.45, 2.75) is 30.7 Å². The number of piperazine rings is 1. The Bertz CT molecular complexity index is 759. The molecule has 0 aromatic heterocycles. The Morgan fingerprint density at radius 2 is 2.00 bits per heavy atom. The Hall–Kier alpha value is -2.29. The van der Waals surface area contributed by atoms with Crippen LogP contribution in [0.3, 0.4) is 0 Å². The van der Waals surface area contributed by atoms with E-state index < -0.39 is 23.7 Å². The standard InChI is InChI=1S/C18H21N3O5/c1-26-16(24)12-4-2-11(3-5-12)7-20-15(23)14-6-13(22)8-21(14)18(17(20)25)9-19-10-18/h2-5,13-14,19,22H,6-10H2,1H3. The summed E-state index contributed by atoms with van der Waals surface area (Å²) < 4.78 is 4.67. The number of fused-ring (bicyclic) bond motifs is 2. The lowest BCUT2D eigenvalue weighted by molar-refractivity contribution is -0.171. The number of carbonyl (C=O) groups is 3. The van der Waals surface area contributed by atoms with Gasteiger partial charge in [0.25, 0.3) is 5.91 Å². The third-order valence-corrected chi connectivity index (χ3v) is 5.57. The van der Waals surface area contributed by atoms with Crippen molar-refractivity contribution in [2.75, 3.05) is 26.7 Å². The van der Waals surface area contributed by atoms with Crippen molar-refractivity contribution >= 4 is 17.8 Å². The molecule has 0 saturated carbocycles. The second-order valence-electron chi connectivity index (χ2n) is 7.11. The number of benzene rings is 1. The number of β-amino-alcohol motifs (C(OH)–C–C–N with tert-alkyl or cyclic N) is 1. The molecule has 3 heterocycles. The second-order valence-corrected chi connectivity index (χ2v) is 7.11. The number of hydrogen-bond acceptors (Lipinski definition) is 7. The fourth-order valence-electron chi connectivity index (χ4n) is 4.09. The van der Waals surface area contributed by atoms with Crippen LogP contribution in [0, 0.1) is 0 Å². The molecule has 26 heavy (non-hydrogen) atoms. The summed E-state index contributed by atoms with van der Waals surface area (Å²) in [7, 11) is 1.31. The van der Waals surface area contributed by atoms with E-state index in [-0.39, 0.29) is 18.4 Å². The number of esters is 1. The highest BCUT2D eigenvalue weighted by molar-refractivity contribution is 6.06. The van der Waals surface area contributed by atoms with Gasteiger partial charge in [-0.05, 0) is 24.1 Å². The lowest BCUT2D eigenvalue weighted by atomic mass is 9.84. The van der Waals surface area contributed by atoms with Crippen molar-refractivity contribution in [2.24, 2.45) is 0 Å². The maximum absolute atomic E-state index is 13.1. The van der Waals surface area contributed by atoms with Crippen molar-refractivity contribution in [3.63, 3.8) is 0 Å². The molecule has 1 aromatic rings. The van der Waals surface area contributed by atoms with Crippen LogP contribution >= 0.6 is 0 Å². The first-order valence-corrected chi connectivity index (χ1v) is 8.65. The van der Waals surface area contributed by atoms with Gasteiger partial charge in [-0.3, -0.25) is 19.4 Å². The molecule has 3 aliphatic heterocycles.